The molecule has 0 radical (unpaired) electrons. The van der Waals surface area contributed by atoms with Gasteiger partial charge in [-0.1, -0.05) is 24.3 Å². The summed E-state index contributed by atoms with van der Waals surface area (Å²) < 4.78 is 5.14. The van der Waals surface area contributed by atoms with Crippen LogP contribution in [-0.2, 0) is 16.1 Å². The number of likely N-dealkylation sites (tertiary alicyclic amines) is 1. The highest BCUT2D eigenvalue weighted by Gasteiger charge is 2.32. The number of carboxylic acids is 1. The van der Waals surface area contributed by atoms with E-state index in [1.807, 2.05) is 12.1 Å². The number of anilines is 1. The normalized spacial score (nSPS) is 16.3. The van der Waals surface area contributed by atoms with Crippen molar-refractivity contribution in [2.75, 3.05) is 19.0 Å². The van der Waals surface area contributed by atoms with Crippen molar-refractivity contribution >= 4 is 23.5 Å². The second-order valence-electron chi connectivity index (χ2n) is 6.97. The molecule has 29 heavy (non-hydrogen) atoms. The number of benzene rings is 2. The van der Waals surface area contributed by atoms with Crippen LogP contribution in [0.5, 0.6) is 0 Å². The lowest BCUT2D eigenvalue weighted by Crippen LogP contribution is -2.48. The summed E-state index contributed by atoms with van der Waals surface area (Å²) in [6.07, 6.45) is 2.02. The molecular formula is C22H24N2O5. The van der Waals surface area contributed by atoms with Crippen LogP contribution in [0.25, 0.3) is 0 Å². The Hall–Kier alpha value is -3.19. The van der Waals surface area contributed by atoms with E-state index in [2.05, 4.69) is 5.32 Å². The predicted octanol–water partition coefficient (Wildman–Crippen LogP) is 3.16. The molecule has 0 bridgehead atoms. The Labute approximate surface area is 169 Å². The zero-order valence-corrected chi connectivity index (χ0v) is 16.3. The number of nitrogens with zero attached hydrogens (tertiary/aromatic N) is 1. The number of aliphatic carboxylic acids is 1. The molecule has 1 heterocycles. The van der Waals surface area contributed by atoms with Crippen molar-refractivity contribution in [3.05, 3.63) is 65.2 Å². The summed E-state index contributed by atoms with van der Waals surface area (Å²) >= 11 is 0. The fraction of sp³-hybridized carbons (Fsp3) is 0.318. The Bertz CT molecular complexity index is 912. The van der Waals surface area contributed by atoms with E-state index in [9.17, 15) is 19.5 Å². The molecule has 1 aliphatic heterocycles. The molecule has 7 nitrogen and oxygen atoms in total. The number of hydrogen-bond acceptors (Lipinski definition) is 4. The SMILES string of the molecule is COCc1ccccc1C(=O)Nc1cccc(C(=O)N2CCCCC2C(=O)O)c1. The molecule has 0 spiro atoms. The van der Waals surface area contributed by atoms with Crippen LogP contribution in [0.2, 0.25) is 0 Å². The number of hydrogen-bond donors (Lipinski definition) is 2. The molecular weight excluding hydrogens is 372 g/mol. The number of carbonyl (C=O) groups is 3. The molecule has 0 saturated carbocycles. The van der Waals surface area contributed by atoms with Gasteiger partial charge in [0.2, 0.25) is 0 Å². The highest BCUT2D eigenvalue weighted by molar-refractivity contribution is 6.06. The first-order valence-electron chi connectivity index (χ1n) is 9.53. The van der Waals surface area contributed by atoms with E-state index < -0.39 is 12.0 Å². The third-order valence-corrected chi connectivity index (χ3v) is 4.98. The third-order valence-electron chi connectivity index (χ3n) is 4.98. The molecule has 0 aliphatic carbocycles. The average Bonchev–Trinajstić information content (AvgIpc) is 2.74. The summed E-state index contributed by atoms with van der Waals surface area (Å²) in [7, 11) is 1.56. The van der Waals surface area contributed by atoms with Gasteiger partial charge in [0.15, 0.2) is 0 Å². The lowest BCUT2D eigenvalue weighted by molar-refractivity contribution is -0.143. The van der Waals surface area contributed by atoms with E-state index in [1.54, 1.807) is 43.5 Å². The van der Waals surface area contributed by atoms with Crippen molar-refractivity contribution in [3.8, 4) is 0 Å². The van der Waals surface area contributed by atoms with Gasteiger partial charge < -0.3 is 20.1 Å². The molecule has 2 N–H and O–H groups in total. The fourth-order valence-electron chi connectivity index (χ4n) is 3.55. The number of nitrogens with one attached hydrogen (secondary N) is 1. The van der Waals surface area contributed by atoms with Crippen LogP contribution in [0.4, 0.5) is 5.69 Å². The van der Waals surface area contributed by atoms with Gasteiger partial charge in [0.25, 0.3) is 11.8 Å². The maximum absolute atomic E-state index is 12.9. The molecule has 2 aromatic rings. The van der Waals surface area contributed by atoms with Gasteiger partial charge in [-0.15, -0.1) is 0 Å². The van der Waals surface area contributed by atoms with E-state index in [1.165, 1.54) is 4.90 Å². The zero-order valence-electron chi connectivity index (χ0n) is 16.3. The van der Waals surface area contributed by atoms with Gasteiger partial charge in [-0.2, -0.15) is 0 Å². The van der Waals surface area contributed by atoms with Crippen LogP contribution in [0.3, 0.4) is 0 Å². The van der Waals surface area contributed by atoms with Crippen molar-refractivity contribution in [1.82, 2.24) is 4.90 Å². The number of methoxy groups -OCH3 is 1. The summed E-state index contributed by atoms with van der Waals surface area (Å²) in [5.74, 6) is -1.63. The minimum atomic E-state index is -0.989. The van der Waals surface area contributed by atoms with Crippen molar-refractivity contribution < 1.29 is 24.2 Å². The van der Waals surface area contributed by atoms with Crippen molar-refractivity contribution in [1.29, 1.82) is 0 Å². The predicted molar refractivity (Wildman–Crippen MR) is 108 cm³/mol. The van der Waals surface area contributed by atoms with Crippen LogP contribution in [0.1, 0.15) is 45.5 Å². The van der Waals surface area contributed by atoms with Crippen LogP contribution in [0, 0.1) is 0 Å². The van der Waals surface area contributed by atoms with Crippen molar-refractivity contribution in [3.63, 3.8) is 0 Å². The van der Waals surface area contributed by atoms with Gasteiger partial charge in [0, 0.05) is 30.5 Å². The highest BCUT2D eigenvalue weighted by atomic mass is 16.5. The molecule has 7 heteroatoms. The maximum Gasteiger partial charge on any atom is 0.326 e. The fourth-order valence-corrected chi connectivity index (χ4v) is 3.55. The Morgan fingerprint density at radius 3 is 2.69 bits per heavy atom. The van der Waals surface area contributed by atoms with Crippen molar-refractivity contribution in [2.24, 2.45) is 0 Å². The maximum atomic E-state index is 12.9. The minimum Gasteiger partial charge on any atom is -0.480 e. The number of rotatable bonds is 6. The van der Waals surface area contributed by atoms with Crippen LogP contribution in [0.15, 0.2) is 48.5 Å². The summed E-state index contributed by atoms with van der Waals surface area (Å²) in [6, 6.07) is 12.9. The van der Waals surface area contributed by atoms with Gasteiger partial charge in [0.1, 0.15) is 6.04 Å². The van der Waals surface area contributed by atoms with Gasteiger partial charge in [-0.25, -0.2) is 4.79 Å². The molecule has 2 aromatic carbocycles. The van der Waals surface area contributed by atoms with Crippen LogP contribution >= 0.6 is 0 Å². The lowest BCUT2D eigenvalue weighted by Gasteiger charge is -2.33. The Kier molecular flexibility index (Phi) is 6.61. The molecule has 1 fully saturated rings. The lowest BCUT2D eigenvalue weighted by atomic mass is 10.0. The summed E-state index contributed by atoms with van der Waals surface area (Å²) in [5, 5.41) is 12.2. The summed E-state index contributed by atoms with van der Waals surface area (Å²) in [5.41, 5.74) is 2.07. The van der Waals surface area contributed by atoms with Gasteiger partial charge in [-0.05, 0) is 49.1 Å². The van der Waals surface area contributed by atoms with E-state index in [0.29, 0.717) is 36.4 Å². The van der Waals surface area contributed by atoms with E-state index >= 15 is 0 Å². The molecule has 3 rings (SSSR count). The van der Waals surface area contributed by atoms with E-state index in [0.717, 1.165) is 18.4 Å². The smallest absolute Gasteiger partial charge is 0.326 e. The highest BCUT2D eigenvalue weighted by Crippen LogP contribution is 2.22. The number of carbonyl (C=O) groups excluding carboxylic acids is 2. The number of ether oxygens (including phenoxy) is 1. The number of amides is 2. The summed E-state index contributed by atoms with van der Waals surface area (Å²) in [6.45, 7) is 0.727. The van der Waals surface area contributed by atoms with Crippen LogP contribution in [-0.4, -0.2) is 47.5 Å². The Morgan fingerprint density at radius 2 is 1.93 bits per heavy atom. The quantitative estimate of drug-likeness (QED) is 0.782. The average molecular weight is 396 g/mol. The second-order valence-corrected chi connectivity index (χ2v) is 6.97. The molecule has 1 unspecified atom stereocenters. The molecule has 1 aliphatic rings. The van der Waals surface area contributed by atoms with Crippen LogP contribution < -0.4 is 5.32 Å². The molecule has 152 valence electrons. The standard InChI is InChI=1S/C22H24N2O5/c1-29-14-16-7-2-3-10-18(16)20(25)23-17-9-6-8-15(13-17)21(26)24-12-5-4-11-19(24)22(27)28/h2-3,6-10,13,19H,4-5,11-12,14H2,1H3,(H,23,25)(H,27,28). The monoisotopic (exact) mass is 396 g/mol. The van der Waals surface area contributed by atoms with Crippen molar-refractivity contribution in [2.45, 2.75) is 31.9 Å². The Morgan fingerprint density at radius 1 is 1.14 bits per heavy atom. The molecule has 1 saturated heterocycles. The molecule has 2 amide bonds. The first-order chi connectivity index (χ1) is 14.0. The van der Waals surface area contributed by atoms with Gasteiger partial charge in [0.05, 0.1) is 6.61 Å². The topological polar surface area (TPSA) is 95.9 Å². The number of piperidine rings is 1. The molecule has 1 atom stereocenters. The summed E-state index contributed by atoms with van der Waals surface area (Å²) in [4.78, 5) is 38.5. The minimum absolute atomic E-state index is 0.302. The van der Waals surface area contributed by atoms with E-state index in [-0.39, 0.29) is 11.8 Å². The second kappa shape index (κ2) is 9.34. The first-order valence-corrected chi connectivity index (χ1v) is 9.53. The first kappa shape index (κ1) is 20.5. The van der Waals surface area contributed by atoms with E-state index in [4.69, 9.17) is 4.74 Å². The van der Waals surface area contributed by atoms with Gasteiger partial charge in [-0.3, -0.25) is 9.59 Å². The largest absolute Gasteiger partial charge is 0.480 e. The zero-order chi connectivity index (χ0) is 20.8. The third kappa shape index (κ3) is 4.81. The number of carboxylic acid groups (broad SMARTS) is 1. The Balaban J connectivity index is 1.78. The molecule has 0 aromatic heterocycles. The van der Waals surface area contributed by atoms with Gasteiger partial charge >= 0.3 is 5.97 Å².